The summed E-state index contributed by atoms with van der Waals surface area (Å²) in [5, 5.41) is 14.4. The highest BCUT2D eigenvalue weighted by molar-refractivity contribution is 5.97. The quantitative estimate of drug-likeness (QED) is 0.332. The summed E-state index contributed by atoms with van der Waals surface area (Å²) in [4.78, 5) is 0. The van der Waals surface area contributed by atoms with E-state index < -0.39 is 5.82 Å². The molecule has 0 aliphatic carbocycles. The molecule has 6 heteroatoms. The second-order valence-corrected chi connectivity index (χ2v) is 3.97. The molecule has 2 aromatic rings. The van der Waals surface area contributed by atoms with Gasteiger partial charge in [0.1, 0.15) is 11.6 Å². The second-order valence-electron chi connectivity index (χ2n) is 3.97. The van der Waals surface area contributed by atoms with Gasteiger partial charge in [0.2, 0.25) is 0 Å². The molecule has 1 heterocycles. The maximum absolute atomic E-state index is 13.8. The Morgan fingerprint density at radius 3 is 2.84 bits per heavy atom. The van der Waals surface area contributed by atoms with Gasteiger partial charge in [-0.2, -0.15) is 0 Å². The lowest BCUT2D eigenvalue weighted by Crippen LogP contribution is -2.16. The van der Waals surface area contributed by atoms with Gasteiger partial charge in [0.15, 0.2) is 5.84 Å². The lowest BCUT2D eigenvalue weighted by molar-refractivity contribution is 0.318. The summed E-state index contributed by atoms with van der Waals surface area (Å²) in [6, 6.07) is 8.06. The number of hydrogen-bond acceptors (Lipinski definition) is 4. The van der Waals surface area contributed by atoms with Crippen molar-refractivity contribution in [2.24, 2.45) is 10.9 Å². The SMILES string of the molecule is NC(=NO)c1ccc(CNCc2ccco2)c(F)c1. The first-order chi connectivity index (χ1) is 9.20. The van der Waals surface area contributed by atoms with Crippen LogP contribution >= 0.6 is 0 Å². The molecule has 0 atom stereocenters. The topological polar surface area (TPSA) is 83.8 Å². The first kappa shape index (κ1) is 13.1. The van der Waals surface area contributed by atoms with Crippen molar-refractivity contribution in [1.29, 1.82) is 0 Å². The van der Waals surface area contributed by atoms with E-state index in [0.717, 1.165) is 5.76 Å². The van der Waals surface area contributed by atoms with Gasteiger partial charge in [0.05, 0.1) is 12.8 Å². The summed E-state index contributed by atoms with van der Waals surface area (Å²) in [6.07, 6.45) is 1.59. The third kappa shape index (κ3) is 3.32. The van der Waals surface area contributed by atoms with Crippen molar-refractivity contribution in [1.82, 2.24) is 5.32 Å². The van der Waals surface area contributed by atoms with Gasteiger partial charge in [-0.1, -0.05) is 17.3 Å². The fourth-order valence-electron chi connectivity index (χ4n) is 1.64. The lowest BCUT2D eigenvalue weighted by atomic mass is 10.1. The molecular weight excluding hydrogens is 249 g/mol. The zero-order valence-corrected chi connectivity index (χ0v) is 10.1. The predicted octanol–water partition coefficient (Wildman–Crippen LogP) is 1.80. The summed E-state index contributed by atoms with van der Waals surface area (Å²) in [5.41, 5.74) is 6.23. The van der Waals surface area contributed by atoms with Crippen LogP contribution in [-0.4, -0.2) is 11.0 Å². The molecule has 0 bridgehead atoms. The van der Waals surface area contributed by atoms with Gasteiger partial charge in [-0.05, 0) is 18.2 Å². The minimum absolute atomic E-state index is 0.117. The Hall–Kier alpha value is -2.34. The van der Waals surface area contributed by atoms with E-state index in [1.54, 1.807) is 24.5 Å². The van der Waals surface area contributed by atoms with Gasteiger partial charge >= 0.3 is 0 Å². The number of oxime groups is 1. The summed E-state index contributed by atoms with van der Waals surface area (Å²) < 4.78 is 18.9. The van der Waals surface area contributed by atoms with Crippen LogP contribution in [0.2, 0.25) is 0 Å². The smallest absolute Gasteiger partial charge is 0.170 e. The molecule has 0 saturated heterocycles. The highest BCUT2D eigenvalue weighted by Gasteiger charge is 2.06. The Balaban J connectivity index is 1.97. The molecule has 2 rings (SSSR count). The minimum atomic E-state index is -0.406. The summed E-state index contributed by atoms with van der Waals surface area (Å²) in [7, 11) is 0. The van der Waals surface area contributed by atoms with Gasteiger partial charge in [0, 0.05) is 17.7 Å². The maximum Gasteiger partial charge on any atom is 0.170 e. The average molecular weight is 263 g/mol. The number of amidine groups is 1. The number of benzene rings is 1. The van der Waals surface area contributed by atoms with E-state index in [9.17, 15) is 4.39 Å². The Morgan fingerprint density at radius 1 is 1.37 bits per heavy atom. The van der Waals surface area contributed by atoms with Crippen molar-refractivity contribution >= 4 is 5.84 Å². The number of rotatable bonds is 5. The third-order valence-corrected chi connectivity index (χ3v) is 2.65. The van der Waals surface area contributed by atoms with E-state index in [2.05, 4.69) is 10.5 Å². The number of halogens is 1. The molecule has 0 saturated carbocycles. The molecule has 0 radical (unpaired) electrons. The van der Waals surface area contributed by atoms with Crippen molar-refractivity contribution in [3.63, 3.8) is 0 Å². The van der Waals surface area contributed by atoms with Crippen LogP contribution in [0.15, 0.2) is 46.2 Å². The number of hydrogen-bond donors (Lipinski definition) is 3. The molecule has 0 aliphatic rings. The minimum Gasteiger partial charge on any atom is -0.468 e. The summed E-state index contributed by atoms with van der Waals surface area (Å²) in [6.45, 7) is 0.886. The monoisotopic (exact) mass is 263 g/mol. The van der Waals surface area contributed by atoms with Crippen LogP contribution in [0.5, 0.6) is 0 Å². The molecule has 0 fully saturated rings. The Bertz CT molecular complexity index is 567. The first-order valence-corrected chi connectivity index (χ1v) is 5.70. The molecular formula is C13H14FN3O2. The van der Waals surface area contributed by atoms with Crippen LogP contribution in [-0.2, 0) is 13.1 Å². The molecule has 1 aromatic carbocycles. The van der Waals surface area contributed by atoms with E-state index in [0.29, 0.717) is 24.2 Å². The summed E-state index contributed by atoms with van der Waals surface area (Å²) in [5.74, 6) is 0.263. The van der Waals surface area contributed by atoms with Crippen LogP contribution < -0.4 is 11.1 Å². The third-order valence-electron chi connectivity index (χ3n) is 2.65. The standard InChI is InChI=1S/C13H14FN3O2/c14-12-6-9(13(15)17-18)3-4-10(12)7-16-8-11-2-1-5-19-11/h1-6,16,18H,7-8H2,(H2,15,17). The van der Waals surface area contributed by atoms with Crippen LogP contribution in [0.3, 0.4) is 0 Å². The first-order valence-electron chi connectivity index (χ1n) is 5.70. The van der Waals surface area contributed by atoms with Crippen LogP contribution in [0.25, 0.3) is 0 Å². The van der Waals surface area contributed by atoms with Gasteiger partial charge in [-0.25, -0.2) is 4.39 Å². The number of nitrogens with two attached hydrogens (primary N) is 1. The highest BCUT2D eigenvalue weighted by atomic mass is 19.1. The van der Waals surface area contributed by atoms with Crippen molar-refractivity contribution < 1.29 is 14.0 Å². The van der Waals surface area contributed by atoms with Crippen molar-refractivity contribution in [2.75, 3.05) is 0 Å². The van der Waals surface area contributed by atoms with Crippen molar-refractivity contribution in [2.45, 2.75) is 13.1 Å². The second kappa shape index (κ2) is 6.01. The number of nitrogens with zero attached hydrogens (tertiary/aromatic N) is 1. The summed E-state index contributed by atoms with van der Waals surface area (Å²) >= 11 is 0. The number of nitrogens with one attached hydrogen (secondary N) is 1. The van der Waals surface area contributed by atoms with Crippen molar-refractivity contribution in [3.8, 4) is 0 Å². The van der Waals surface area contributed by atoms with E-state index in [1.807, 2.05) is 6.07 Å². The van der Waals surface area contributed by atoms with Gasteiger partial charge in [-0.3, -0.25) is 0 Å². The zero-order valence-electron chi connectivity index (χ0n) is 10.1. The molecule has 4 N–H and O–H groups in total. The largest absolute Gasteiger partial charge is 0.468 e. The average Bonchev–Trinajstić information content (AvgIpc) is 2.93. The fraction of sp³-hybridized carbons (Fsp3) is 0.154. The van der Waals surface area contributed by atoms with Gasteiger partial charge < -0.3 is 20.7 Å². The normalized spacial score (nSPS) is 11.7. The highest BCUT2D eigenvalue weighted by Crippen LogP contribution is 2.11. The van der Waals surface area contributed by atoms with Crippen LogP contribution in [0.1, 0.15) is 16.9 Å². The van der Waals surface area contributed by atoms with Crippen molar-refractivity contribution in [3.05, 3.63) is 59.3 Å². The van der Waals surface area contributed by atoms with E-state index in [4.69, 9.17) is 15.4 Å². The number of furan rings is 1. The molecule has 5 nitrogen and oxygen atoms in total. The fourth-order valence-corrected chi connectivity index (χ4v) is 1.64. The van der Waals surface area contributed by atoms with E-state index >= 15 is 0 Å². The molecule has 0 amide bonds. The maximum atomic E-state index is 13.8. The van der Waals surface area contributed by atoms with E-state index in [1.165, 1.54) is 6.07 Å². The molecule has 0 spiro atoms. The predicted molar refractivity (Wildman–Crippen MR) is 68.2 cm³/mol. The van der Waals surface area contributed by atoms with Crippen LogP contribution in [0, 0.1) is 5.82 Å². The molecule has 1 aromatic heterocycles. The Kier molecular flexibility index (Phi) is 4.15. The lowest BCUT2D eigenvalue weighted by Gasteiger charge is -2.06. The Morgan fingerprint density at radius 2 is 2.21 bits per heavy atom. The van der Waals surface area contributed by atoms with Gasteiger partial charge in [0.25, 0.3) is 0 Å². The molecule has 100 valence electrons. The zero-order chi connectivity index (χ0) is 13.7. The molecule has 0 unspecified atom stereocenters. The molecule has 19 heavy (non-hydrogen) atoms. The van der Waals surface area contributed by atoms with E-state index in [-0.39, 0.29) is 5.84 Å². The Labute approximate surface area is 109 Å². The molecule has 0 aliphatic heterocycles. The van der Waals surface area contributed by atoms with Gasteiger partial charge in [-0.15, -0.1) is 0 Å². The van der Waals surface area contributed by atoms with Crippen LogP contribution in [0.4, 0.5) is 4.39 Å².